The average molecular weight is 344 g/mol. The summed E-state index contributed by atoms with van der Waals surface area (Å²) in [6.45, 7) is 1.66. The van der Waals surface area contributed by atoms with E-state index in [0.29, 0.717) is 0 Å². The lowest BCUT2D eigenvalue weighted by atomic mass is 9.95. The van der Waals surface area contributed by atoms with Gasteiger partial charge in [-0.3, -0.25) is 4.79 Å². The monoisotopic (exact) mass is 343 g/mol. The van der Waals surface area contributed by atoms with E-state index in [1.54, 1.807) is 6.92 Å². The van der Waals surface area contributed by atoms with Crippen LogP contribution in [0, 0.1) is 11.7 Å². The van der Waals surface area contributed by atoms with Gasteiger partial charge in [0.15, 0.2) is 0 Å². The van der Waals surface area contributed by atoms with Crippen molar-refractivity contribution in [3.8, 4) is 0 Å². The van der Waals surface area contributed by atoms with E-state index in [4.69, 9.17) is 4.74 Å². The van der Waals surface area contributed by atoms with Crippen LogP contribution in [0.5, 0.6) is 0 Å². The molecule has 1 aromatic carbocycles. The van der Waals surface area contributed by atoms with Gasteiger partial charge in [-0.2, -0.15) is 0 Å². The normalized spacial score (nSPS) is 17.2. The molecule has 1 fully saturated rings. The Kier molecular flexibility index (Phi) is 4.13. The van der Waals surface area contributed by atoms with Crippen LogP contribution in [0.4, 0.5) is 4.39 Å². The number of esters is 1. The van der Waals surface area contributed by atoms with E-state index < -0.39 is 23.2 Å². The third-order valence-electron chi connectivity index (χ3n) is 3.56. The van der Waals surface area contributed by atoms with E-state index in [0.717, 1.165) is 12.8 Å². The second-order valence-corrected chi connectivity index (χ2v) is 5.91. The van der Waals surface area contributed by atoms with Crippen LogP contribution >= 0.6 is 15.9 Å². The van der Waals surface area contributed by atoms with Crippen molar-refractivity contribution in [3.05, 3.63) is 34.1 Å². The minimum absolute atomic E-state index is 0.0859. The molecule has 6 heteroatoms. The average Bonchev–Trinajstić information content (AvgIpc) is 3.25. The molecular weight excluding hydrogens is 329 g/mol. The number of rotatable bonds is 4. The molecule has 20 heavy (non-hydrogen) atoms. The summed E-state index contributed by atoms with van der Waals surface area (Å²) < 4.78 is 18.1. The van der Waals surface area contributed by atoms with E-state index in [1.807, 2.05) is 0 Å². The Hall–Kier alpha value is -1.43. The van der Waals surface area contributed by atoms with E-state index in [9.17, 15) is 14.0 Å². The number of benzene rings is 1. The van der Waals surface area contributed by atoms with Gasteiger partial charge >= 0.3 is 5.97 Å². The van der Waals surface area contributed by atoms with Gasteiger partial charge in [-0.15, -0.1) is 0 Å². The van der Waals surface area contributed by atoms with Crippen LogP contribution in [0.1, 0.15) is 30.1 Å². The van der Waals surface area contributed by atoms with Crippen LogP contribution in [0.15, 0.2) is 22.7 Å². The van der Waals surface area contributed by atoms with E-state index in [-0.39, 0.29) is 16.0 Å². The van der Waals surface area contributed by atoms with Crippen molar-refractivity contribution in [3.63, 3.8) is 0 Å². The van der Waals surface area contributed by atoms with Gasteiger partial charge in [0.25, 0.3) is 5.91 Å². The molecule has 1 aromatic rings. The highest BCUT2D eigenvalue weighted by atomic mass is 79.9. The Morgan fingerprint density at radius 3 is 2.60 bits per heavy atom. The third kappa shape index (κ3) is 2.85. The fraction of sp³-hybridized carbons (Fsp3) is 0.429. The molecular formula is C14H15BrFNO3. The van der Waals surface area contributed by atoms with Crippen LogP contribution in [0.25, 0.3) is 0 Å². The topological polar surface area (TPSA) is 55.4 Å². The van der Waals surface area contributed by atoms with E-state index in [2.05, 4.69) is 21.2 Å². The van der Waals surface area contributed by atoms with Gasteiger partial charge < -0.3 is 10.1 Å². The Bertz CT molecular complexity index is 559. The first-order valence-corrected chi connectivity index (χ1v) is 7.03. The van der Waals surface area contributed by atoms with Crippen molar-refractivity contribution in [1.82, 2.24) is 5.32 Å². The smallest absolute Gasteiger partial charge is 0.331 e. The van der Waals surface area contributed by atoms with Crippen LogP contribution in [0.3, 0.4) is 0 Å². The third-order valence-corrected chi connectivity index (χ3v) is 4.17. The molecule has 1 aliphatic rings. The van der Waals surface area contributed by atoms with Crippen molar-refractivity contribution in [1.29, 1.82) is 0 Å². The van der Waals surface area contributed by atoms with Crippen molar-refractivity contribution in [2.24, 2.45) is 5.92 Å². The van der Waals surface area contributed by atoms with Crippen molar-refractivity contribution in [2.75, 3.05) is 7.11 Å². The maximum absolute atomic E-state index is 13.2. The Labute approximate surface area is 124 Å². The Morgan fingerprint density at radius 1 is 1.45 bits per heavy atom. The number of hydrogen-bond acceptors (Lipinski definition) is 3. The predicted octanol–water partition coefficient (Wildman–Crippen LogP) is 2.66. The summed E-state index contributed by atoms with van der Waals surface area (Å²) in [5, 5.41) is 2.71. The van der Waals surface area contributed by atoms with Crippen molar-refractivity contribution >= 4 is 27.8 Å². The standard InChI is InChI=1S/C14H15BrFNO3/c1-14(9-4-5-9,13(19)20-2)17-12(18)8-3-6-11(16)10(15)7-8/h3,6-7,9H,4-5H2,1-2H3,(H,17,18)/t14-/m0/s1. The molecule has 0 unspecified atom stereocenters. The summed E-state index contributed by atoms with van der Waals surface area (Å²) in [7, 11) is 1.30. The van der Waals surface area contributed by atoms with Crippen LogP contribution < -0.4 is 5.32 Å². The summed E-state index contributed by atoms with van der Waals surface area (Å²) in [6.07, 6.45) is 1.75. The molecule has 0 radical (unpaired) electrons. The molecule has 0 heterocycles. The zero-order valence-electron chi connectivity index (χ0n) is 11.2. The minimum atomic E-state index is -1.04. The molecule has 1 saturated carbocycles. The van der Waals surface area contributed by atoms with Crippen LogP contribution in [-0.2, 0) is 9.53 Å². The second kappa shape index (κ2) is 5.52. The highest BCUT2D eigenvalue weighted by molar-refractivity contribution is 9.10. The first-order valence-electron chi connectivity index (χ1n) is 6.24. The van der Waals surface area contributed by atoms with Crippen LogP contribution in [0.2, 0.25) is 0 Å². The van der Waals surface area contributed by atoms with E-state index >= 15 is 0 Å². The van der Waals surface area contributed by atoms with Gasteiger partial charge in [0, 0.05) is 5.56 Å². The number of amides is 1. The maximum atomic E-state index is 13.2. The molecule has 108 valence electrons. The minimum Gasteiger partial charge on any atom is -0.467 e. The Morgan fingerprint density at radius 2 is 2.10 bits per heavy atom. The van der Waals surface area contributed by atoms with Gasteiger partial charge in [0.2, 0.25) is 0 Å². The largest absolute Gasteiger partial charge is 0.467 e. The molecule has 0 aliphatic heterocycles. The molecule has 0 aromatic heterocycles. The van der Waals surface area contributed by atoms with E-state index in [1.165, 1.54) is 25.3 Å². The zero-order valence-corrected chi connectivity index (χ0v) is 12.8. The summed E-state index contributed by atoms with van der Waals surface area (Å²) >= 11 is 3.03. The number of carbonyl (C=O) groups excluding carboxylic acids is 2. The highest BCUT2D eigenvalue weighted by Gasteiger charge is 2.49. The Balaban J connectivity index is 2.20. The van der Waals surface area contributed by atoms with Crippen molar-refractivity contribution in [2.45, 2.75) is 25.3 Å². The van der Waals surface area contributed by atoms with Crippen LogP contribution in [-0.4, -0.2) is 24.5 Å². The number of ether oxygens (including phenoxy) is 1. The van der Waals surface area contributed by atoms with Gasteiger partial charge in [0.05, 0.1) is 11.6 Å². The first-order chi connectivity index (χ1) is 9.38. The van der Waals surface area contributed by atoms with Gasteiger partial charge in [0.1, 0.15) is 11.4 Å². The van der Waals surface area contributed by atoms with Gasteiger partial charge in [-0.25, -0.2) is 9.18 Å². The number of hydrogen-bond donors (Lipinski definition) is 1. The van der Waals surface area contributed by atoms with Gasteiger partial charge in [-0.05, 0) is 59.8 Å². The lowest BCUT2D eigenvalue weighted by molar-refractivity contribution is -0.148. The van der Waals surface area contributed by atoms with Gasteiger partial charge in [-0.1, -0.05) is 0 Å². The summed E-state index contributed by atoms with van der Waals surface area (Å²) in [5.41, 5.74) is -0.749. The molecule has 0 bridgehead atoms. The molecule has 0 saturated heterocycles. The number of carbonyl (C=O) groups is 2. The fourth-order valence-electron chi connectivity index (χ4n) is 2.14. The maximum Gasteiger partial charge on any atom is 0.331 e. The fourth-order valence-corrected chi connectivity index (χ4v) is 2.52. The second-order valence-electron chi connectivity index (χ2n) is 5.05. The molecule has 1 atom stereocenters. The quantitative estimate of drug-likeness (QED) is 0.855. The summed E-state index contributed by atoms with van der Waals surface area (Å²) in [5.74, 6) is -1.25. The number of halogens is 2. The first kappa shape index (κ1) is 15.0. The highest BCUT2D eigenvalue weighted by Crippen LogP contribution is 2.40. The number of methoxy groups -OCH3 is 1. The molecule has 4 nitrogen and oxygen atoms in total. The molecule has 0 spiro atoms. The van der Waals surface area contributed by atoms with Crippen molar-refractivity contribution < 1.29 is 18.7 Å². The lowest BCUT2D eigenvalue weighted by Crippen LogP contribution is -2.54. The molecule has 2 rings (SSSR count). The number of nitrogens with one attached hydrogen (secondary N) is 1. The predicted molar refractivity (Wildman–Crippen MR) is 74.7 cm³/mol. The summed E-state index contributed by atoms with van der Waals surface area (Å²) in [6, 6.07) is 3.96. The lowest BCUT2D eigenvalue weighted by Gasteiger charge is -2.28. The molecule has 1 N–H and O–H groups in total. The molecule has 1 amide bonds. The molecule has 1 aliphatic carbocycles. The SMILES string of the molecule is COC(=O)[C@@](C)(NC(=O)c1ccc(F)c(Br)c1)C1CC1. The zero-order chi connectivity index (χ0) is 14.9. The summed E-state index contributed by atoms with van der Waals surface area (Å²) in [4.78, 5) is 24.1.